The van der Waals surface area contributed by atoms with Crippen molar-refractivity contribution in [3.63, 3.8) is 0 Å². The van der Waals surface area contributed by atoms with Crippen LogP contribution in [-0.4, -0.2) is 11.1 Å². The fourth-order valence-electron chi connectivity index (χ4n) is 2.90. The van der Waals surface area contributed by atoms with Gasteiger partial charge in [-0.2, -0.15) is 5.26 Å². The fourth-order valence-corrected chi connectivity index (χ4v) is 2.90. The normalized spacial score (nSPS) is 27.7. The van der Waals surface area contributed by atoms with E-state index in [0.717, 1.165) is 25.7 Å². The van der Waals surface area contributed by atoms with Gasteiger partial charge in [0.25, 0.3) is 0 Å². The van der Waals surface area contributed by atoms with E-state index in [1.807, 2.05) is 0 Å². The second-order valence-corrected chi connectivity index (χ2v) is 5.67. The first-order chi connectivity index (χ1) is 8.63. The van der Waals surface area contributed by atoms with E-state index >= 15 is 0 Å². The molecule has 0 unspecified atom stereocenters. The molecule has 1 N–H and O–H groups in total. The zero-order chi connectivity index (χ0) is 13.4. The number of carboxylic acids is 1. The number of aliphatic carboxylic acids is 1. The average molecular weight is 251 g/mol. The molecule has 1 aliphatic carbocycles. The maximum Gasteiger partial charge on any atom is 0.306 e. The second kappa shape index (κ2) is 7.41. The van der Waals surface area contributed by atoms with Crippen LogP contribution in [0.25, 0.3) is 0 Å². The summed E-state index contributed by atoms with van der Waals surface area (Å²) in [6, 6.07) is 2.47. The number of carboxylic acid groups (broad SMARTS) is 1. The summed E-state index contributed by atoms with van der Waals surface area (Å²) in [6.07, 6.45) is 9.96. The van der Waals surface area contributed by atoms with Crippen LogP contribution in [-0.2, 0) is 4.79 Å². The van der Waals surface area contributed by atoms with Crippen LogP contribution >= 0.6 is 0 Å². The molecular weight excluding hydrogens is 226 g/mol. The minimum atomic E-state index is -0.690. The van der Waals surface area contributed by atoms with E-state index in [0.29, 0.717) is 12.8 Å². The molecule has 0 bridgehead atoms. The van der Waals surface area contributed by atoms with Crippen LogP contribution in [0.2, 0.25) is 0 Å². The maximum atomic E-state index is 10.9. The smallest absolute Gasteiger partial charge is 0.306 e. The van der Waals surface area contributed by atoms with Crippen molar-refractivity contribution in [2.24, 2.45) is 11.3 Å². The van der Waals surface area contributed by atoms with Crippen molar-refractivity contribution >= 4 is 5.97 Å². The molecule has 18 heavy (non-hydrogen) atoms. The highest BCUT2D eigenvalue weighted by Gasteiger charge is 2.37. The van der Waals surface area contributed by atoms with Gasteiger partial charge >= 0.3 is 5.97 Å². The molecule has 1 saturated carbocycles. The monoisotopic (exact) mass is 251 g/mol. The molecule has 1 rings (SSSR count). The Morgan fingerprint density at radius 3 is 2.39 bits per heavy atom. The van der Waals surface area contributed by atoms with Crippen LogP contribution in [0, 0.1) is 22.7 Å². The van der Waals surface area contributed by atoms with Crippen LogP contribution in [0.4, 0.5) is 0 Å². The third kappa shape index (κ3) is 4.33. The van der Waals surface area contributed by atoms with E-state index in [1.54, 1.807) is 0 Å². The molecule has 102 valence electrons. The van der Waals surface area contributed by atoms with Gasteiger partial charge in [0.05, 0.1) is 17.4 Å². The van der Waals surface area contributed by atoms with Crippen LogP contribution in [0.3, 0.4) is 0 Å². The number of nitrogens with zero attached hydrogens (tertiary/aromatic N) is 1. The maximum absolute atomic E-state index is 10.9. The molecule has 0 aromatic carbocycles. The fraction of sp³-hybridized carbons (Fsp3) is 0.867. The van der Waals surface area contributed by atoms with E-state index in [1.165, 1.54) is 25.7 Å². The van der Waals surface area contributed by atoms with Gasteiger partial charge < -0.3 is 5.11 Å². The van der Waals surface area contributed by atoms with Crippen LogP contribution in [0.15, 0.2) is 0 Å². The largest absolute Gasteiger partial charge is 0.481 e. The summed E-state index contributed by atoms with van der Waals surface area (Å²) in [5, 5.41) is 18.3. The number of hydrogen-bond donors (Lipinski definition) is 1. The summed E-state index contributed by atoms with van der Waals surface area (Å²) in [4.78, 5) is 10.9. The average Bonchev–Trinajstić information content (AvgIpc) is 2.39. The van der Waals surface area contributed by atoms with Gasteiger partial charge in [-0.15, -0.1) is 0 Å². The lowest BCUT2D eigenvalue weighted by Gasteiger charge is -2.33. The first-order valence-corrected chi connectivity index (χ1v) is 7.27. The summed E-state index contributed by atoms with van der Waals surface area (Å²) in [7, 11) is 0. The van der Waals surface area contributed by atoms with Gasteiger partial charge in [-0.3, -0.25) is 4.79 Å². The van der Waals surface area contributed by atoms with Crippen molar-refractivity contribution in [2.45, 2.75) is 71.1 Å². The molecule has 0 aromatic heterocycles. The molecule has 0 aromatic rings. The molecule has 1 aliphatic rings. The van der Waals surface area contributed by atoms with Gasteiger partial charge in [0, 0.05) is 0 Å². The van der Waals surface area contributed by atoms with E-state index in [4.69, 9.17) is 5.11 Å². The number of nitriles is 1. The summed E-state index contributed by atoms with van der Waals surface area (Å²) in [5.74, 6) is -0.906. The highest BCUT2D eigenvalue weighted by atomic mass is 16.4. The highest BCUT2D eigenvalue weighted by molar-refractivity contribution is 5.70. The Morgan fingerprint density at radius 2 is 1.89 bits per heavy atom. The molecule has 0 spiro atoms. The molecule has 0 amide bonds. The molecule has 0 radical (unpaired) electrons. The minimum Gasteiger partial charge on any atom is -0.481 e. The molecule has 0 atom stereocenters. The molecule has 0 heterocycles. The van der Waals surface area contributed by atoms with E-state index in [9.17, 15) is 10.1 Å². The molecule has 3 heteroatoms. The number of rotatable bonds is 7. The Labute approximate surface area is 110 Å². The van der Waals surface area contributed by atoms with Crippen molar-refractivity contribution in [1.82, 2.24) is 0 Å². The zero-order valence-corrected chi connectivity index (χ0v) is 11.5. The third-order valence-electron chi connectivity index (χ3n) is 4.29. The number of hydrogen-bond acceptors (Lipinski definition) is 2. The lowest BCUT2D eigenvalue weighted by atomic mass is 9.69. The van der Waals surface area contributed by atoms with E-state index in [-0.39, 0.29) is 11.3 Å². The highest BCUT2D eigenvalue weighted by Crippen LogP contribution is 2.42. The molecule has 3 nitrogen and oxygen atoms in total. The molecule has 0 saturated heterocycles. The van der Waals surface area contributed by atoms with Gasteiger partial charge in [0.2, 0.25) is 0 Å². The third-order valence-corrected chi connectivity index (χ3v) is 4.29. The number of unbranched alkanes of at least 4 members (excludes halogenated alkanes) is 4. The SMILES string of the molecule is CCCCCCCC1(C#N)CCC(C(=O)O)CC1. The van der Waals surface area contributed by atoms with Crippen molar-refractivity contribution < 1.29 is 9.90 Å². The van der Waals surface area contributed by atoms with Crippen molar-refractivity contribution in [1.29, 1.82) is 5.26 Å². The molecule has 0 aliphatic heterocycles. The van der Waals surface area contributed by atoms with Crippen LogP contribution < -0.4 is 0 Å². The van der Waals surface area contributed by atoms with Gasteiger partial charge in [0.15, 0.2) is 0 Å². The van der Waals surface area contributed by atoms with E-state index < -0.39 is 5.97 Å². The van der Waals surface area contributed by atoms with Crippen molar-refractivity contribution in [3.8, 4) is 6.07 Å². The summed E-state index contributed by atoms with van der Waals surface area (Å²) in [6.45, 7) is 2.20. The zero-order valence-electron chi connectivity index (χ0n) is 11.5. The standard InChI is InChI=1S/C15H25NO2/c1-2-3-4-5-6-9-15(12-16)10-7-13(8-11-15)14(17)18/h13H,2-11H2,1H3,(H,17,18). The van der Waals surface area contributed by atoms with Gasteiger partial charge in [-0.1, -0.05) is 39.0 Å². The second-order valence-electron chi connectivity index (χ2n) is 5.67. The predicted molar refractivity (Wildman–Crippen MR) is 71.0 cm³/mol. The lowest BCUT2D eigenvalue weighted by Crippen LogP contribution is -2.29. The Bertz CT molecular complexity index is 298. The minimum absolute atomic E-state index is 0.216. The number of carbonyl (C=O) groups is 1. The summed E-state index contributed by atoms with van der Waals surface area (Å²) >= 11 is 0. The predicted octanol–water partition coefficient (Wildman–Crippen LogP) is 4.13. The topological polar surface area (TPSA) is 61.1 Å². The Hall–Kier alpha value is -1.04. The van der Waals surface area contributed by atoms with Gasteiger partial charge in [0.1, 0.15) is 0 Å². The molecular formula is C15H25NO2. The van der Waals surface area contributed by atoms with Gasteiger partial charge in [-0.05, 0) is 32.1 Å². The first kappa shape index (κ1) is 15.0. The van der Waals surface area contributed by atoms with Crippen LogP contribution in [0.1, 0.15) is 71.1 Å². The van der Waals surface area contributed by atoms with Crippen molar-refractivity contribution in [3.05, 3.63) is 0 Å². The quantitative estimate of drug-likeness (QED) is 0.692. The summed E-state index contributed by atoms with van der Waals surface area (Å²) in [5.41, 5.74) is -0.224. The Balaban J connectivity index is 2.32. The Morgan fingerprint density at radius 1 is 1.28 bits per heavy atom. The van der Waals surface area contributed by atoms with E-state index in [2.05, 4.69) is 13.0 Å². The molecule has 1 fully saturated rings. The Kier molecular flexibility index (Phi) is 6.18. The summed E-state index contributed by atoms with van der Waals surface area (Å²) < 4.78 is 0. The lowest BCUT2D eigenvalue weighted by molar-refractivity contribution is -0.143. The van der Waals surface area contributed by atoms with Crippen LogP contribution in [0.5, 0.6) is 0 Å². The van der Waals surface area contributed by atoms with Gasteiger partial charge in [-0.25, -0.2) is 0 Å². The van der Waals surface area contributed by atoms with Crippen molar-refractivity contribution in [2.75, 3.05) is 0 Å². The first-order valence-electron chi connectivity index (χ1n) is 7.27.